The molecule has 0 bridgehead atoms. The lowest BCUT2D eigenvalue weighted by atomic mass is 10.0. The molecule has 2 N–H and O–H groups in total. The molecular weight excluding hydrogens is 465 g/mol. The zero-order chi connectivity index (χ0) is 19.5. The number of hydrogen-bond donors (Lipinski definition) is 2. The lowest BCUT2D eigenvalue weighted by Gasteiger charge is -2.34. The van der Waals surface area contributed by atoms with Gasteiger partial charge in [-0.05, 0) is 51.6 Å². The van der Waals surface area contributed by atoms with E-state index in [1.807, 2.05) is 7.05 Å². The van der Waals surface area contributed by atoms with Gasteiger partial charge in [-0.1, -0.05) is 20.3 Å². The number of likely N-dealkylation sites (tertiary alicyclic amines) is 1. The first-order valence-corrected chi connectivity index (χ1v) is 11.1. The molecule has 2 rings (SSSR count). The van der Waals surface area contributed by atoms with E-state index < -0.39 is 0 Å². The molecule has 166 valence electrons. The van der Waals surface area contributed by atoms with Gasteiger partial charge in [-0.2, -0.15) is 0 Å². The molecule has 0 amide bonds. The number of morpholine rings is 1. The van der Waals surface area contributed by atoms with E-state index in [2.05, 4.69) is 46.2 Å². The van der Waals surface area contributed by atoms with Crippen molar-refractivity contribution in [2.24, 2.45) is 10.9 Å². The van der Waals surface area contributed by atoms with Crippen molar-refractivity contribution in [3.63, 3.8) is 0 Å². The van der Waals surface area contributed by atoms with Gasteiger partial charge in [0.05, 0.1) is 12.7 Å². The highest BCUT2D eigenvalue weighted by molar-refractivity contribution is 14.0. The van der Waals surface area contributed by atoms with Crippen LogP contribution in [0, 0.1) is 5.92 Å². The fourth-order valence-corrected chi connectivity index (χ4v) is 4.15. The Bertz CT molecular complexity index is 435. The lowest BCUT2D eigenvalue weighted by Crippen LogP contribution is -2.50. The minimum absolute atomic E-state index is 0. The molecule has 6 nitrogen and oxygen atoms in total. The molecule has 0 aliphatic carbocycles. The molecule has 7 heteroatoms. The van der Waals surface area contributed by atoms with Crippen molar-refractivity contribution in [1.82, 2.24) is 20.4 Å². The maximum Gasteiger partial charge on any atom is 0.191 e. The summed E-state index contributed by atoms with van der Waals surface area (Å²) in [6.07, 6.45) is 6.83. The number of halogens is 1. The van der Waals surface area contributed by atoms with E-state index in [-0.39, 0.29) is 30.1 Å². The van der Waals surface area contributed by atoms with E-state index >= 15 is 0 Å². The van der Waals surface area contributed by atoms with Gasteiger partial charge in [-0.25, -0.2) is 0 Å². The van der Waals surface area contributed by atoms with Gasteiger partial charge in [0.2, 0.25) is 0 Å². The zero-order valence-corrected chi connectivity index (χ0v) is 20.9. The molecule has 28 heavy (non-hydrogen) atoms. The smallest absolute Gasteiger partial charge is 0.191 e. The number of rotatable bonds is 9. The van der Waals surface area contributed by atoms with Crippen molar-refractivity contribution in [1.29, 1.82) is 0 Å². The zero-order valence-electron chi connectivity index (χ0n) is 18.6. The van der Waals surface area contributed by atoms with Gasteiger partial charge in [0.15, 0.2) is 5.96 Å². The summed E-state index contributed by atoms with van der Waals surface area (Å²) in [5, 5.41) is 6.89. The van der Waals surface area contributed by atoms with Crippen LogP contribution in [-0.4, -0.2) is 87.4 Å². The highest BCUT2D eigenvalue weighted by Gasteiger charge is 2.21. The molecule has 0 radical (unpaired) electrons. The van der Waals surface area contributed by atoms with Crippen LogP contribution < -0.4 is 10.6 Å². The third-order valence-corrected chi connectivity index (χ3v) is 5.67. The van der Waals surface area contributed by atoms with Crippen LogP contribution >= 0.6 is 24.0 Å². The predicted octanol–water partition coefficient (Wildman–Crippen LogP) is 2.78. The third-order valence-electron chi connectivity index (χ3n) is 5.67. The summed E-state index contributed by atoms with van der Waals surface area (Å²) in [5.74, 6) is 1.60. The summed E-state index contributed by atoms with van der Waals surface area (Å²) in [4.78, 5) is 9.52. The van der Waals surface area contributed by atoms with Crippen molar-refractivity contribution in [3.8, 4) is 0 Å². The molecule has 0 aromatic rings. The summed E-state index contributed by atoms with van der Waals surface area (Å²) < 4.78 is 5.91. The third kappa shape index (κ3) is 10.1. The van der Waals surface area contributed by atoms with Crippen LogP contribution in [-0.2, 0) is 4.74 Å². The normalized spacial score (nSPS) is 24.8. The second-order valence-electron chi connectivity index (χ2n) is 8.61. The van der Waals surface area contributed by atoms with Crippen molar-refractivity contribution >= 4 is 29.9 Å². The van der Waals surface area contributed by atoms with E-state index in [0.29, 0.717) is 5.92 Å². The molecule has 2 fully saturated rings. The Morgan fingerprint density at radius 1 is 1.18 bits per heavy atom. The molecule has 2 aliphatic rings. The standard InChI is InChI=1S/C21H43N5O.HI/c1-18(2)16-25-13-14-27-20(17-25)15-24-21(22-4)23-10-6-8-12-26-11-7-5-9-19(26)3;/h18-20H,5-17H2,1-4H3,(H2,22,23,24);1H. The first-order valence-electron chi connectivity index (χ1n) is 11.1. The Labute approximate surface area is 190 Å². The minimum Gasteiger partial charge on any atom is -0.374 e. The Balaban J connectivity index is 0.00000392. The van der Waals surface area contributed by atoms with Gasteiger partial charge < -0.3 is 20.3 Å². The van der Waals surface area contributed by atoms with Crippen LogP contribution in [0.25, 0.3) is 0 Å². The predicted molar refractivity (Wildman–Crippen MR) is 130 cm³/mol. The fourth-order valence-electron chi connectivity index (χ4n) is 4.15. The number of ether oxygens (including phenoxy) is 1. The minimum atomic E-state index is 0. The van der Waals surface area contributed by atoms with E-state index in [4.69, 9.17) is 4.74 Å². The summed E-state index contributed by atoms with van der Waals surface area (Å²) in [6, 6.07) is 0.770. The number of nitrogens with zero attached hydrogens (tertiary/aromatic N) is 3. The van der Waals surface area contributed by atoms with Gasteiger partial charge in [-0.15, -0.1) is 24.0 Å². The molecule has 2 unspecified atom stereocenters. The Kier molecular flexibility index (Phi) is 13.7. The summed E-state index contributed by atoms with van der Waals surface area (Å²) in [6.45, 7) is 15.3. The summed E-state index contributed by atoms with van der Waals surface area (Å²) >= 11 is 0. The topological polar surface area (TPSA) is 52.1 Å². The number of nitrogens with one attached hydrogen (secondary N) is 2. The Morgan fingerprint density at radius 2 is 2.00 bits per heavy atom. The fraction of sp³-hybridized carbons (Fsp3) is 0.952. The van der Waals surface area contributed by atoms with Crippen LogP contribution in [0.5, 0.6) is 0 Å². The molecule has 2 heterocycles. The van der Waals surface area contributed by atoms with Gasteiger partial charge in [0.1, 0.15) is 0 Å². The highest BCUT2D eigenvalue weighted by Crippen LogP contribution is 2.16. The molecule has 0 saturated carbocycles. The molecule has 0 aromatic carbocycles. The monoisotopic (exact) mass is 509 g/mol. The van der Waals surface area contributed by atoms with Gasteiger partial charge in [-0.3, -0.25) is 9.89 Å². The molecule has 0 aromatic heterocycles. The number of hydrogen-bond acceptors (Lipinski definition) is 4. The quantitative estimate of drug-likeness (QED) is 0.217. The maximum absolute atomic E-state index is 5.91. The Hall–Kier alpha value is -0.120. The van der Waals surface area contributed by atoms with Crippen LogP contribution in [0.1, 0.15) is 52.9 Å². The van der Waals surface area contributed by atoms with Gasteiger partial charge in [0.25, 0.3) is 0 Å². The molecule has 2 atom stereocenters. The first-order chi connectivity index (χ1) is 13.1. The molecular formula is C21H44IN5O. The maximum atomic E-state index is 5.91. The van der Waals surface area contributed by atoms with Crippen molar-refractivity contribution in [2.75, 3.05) is 59.5 Å². The summed E-state index contributed by atoms with van der Waals surface area (Å²) in [5.41, 5.74) is 0. The summed E-state index contributed by atoms with van der Waals surface area (Å²) in [7, 11) is 1.84. The average molecular weight is 510 g/mol. The molecule has 2 aliphatic heterocycles. The average Bonchev–Trinajstić information content (AvgIpc) is 2.65. The van der Waals surface area contributed by atoms with Gasteiger partial charge in [0, 0.05) is 45.8 Å². The number of unbranched alkanes of at least 4 members (excludes halogenated alkanes) is 1. The Morgan fingerprint density at radius 3 is 2.71 bits per heavy atom. The van der Waals surface area contributed by atoms with Crippen LogP contribution in [0.2, 0.25) is 0 Å². The van der Waals surface area contributed by atoms with Crippen molar-refractivity contribution in [2.45, 2.75) is 65.0 Å². The van der Waals surface area contributed by atoms with E-state index in [9.17, 15) is 0 Å². The second-order valence-corrected chi connectivity index (χ2v) is 8.61. The first kappa shape index (κ1) is 25.9. The van der Waals surface area contributed by atoms with Crippen molar-refractivity contribution < 1.29 is 4.74 Å². The second kappa shape index (κ2) is 14.8. The van der Waals surface area contributed by atoms with E-state index in [0.717, 1.165) is 51.3 Å². The largest absolute Gasteiger partial charge is 0.374 e. The SMILES string of the molecule is CN=C(NCCCCN1CCCCC1C)NCC1CN(CC(C)C)CCO1.I. The van der Waals surface area contributed by atoms with Crippen LogP contribution in [0.4, 0.5) is 0 Å². The number of piperidine rings is 1. The van der Waals surface area contributed by atoms with E-state index in [1.54, 1.807) is 0 Å². The van der Waals surface area contributed by atoms with Crippen molar-refractivity contribution in [3.05, 3.63) is 0 Å². The van der Waals surface area contributed by atoms with E-state index in [1.165, 1.54) is 45.2 Å². The van der Waals surface area contributed by atoms with Crippen LogP contribution in [0.3, 0.4) is 0 Å². The van der Waals surface area contributed by atoms with Crippen LogP contribution in [0.15, 0.2) is 4.99 Å². The molecule has 2 saturated heterocycles. The number of guanidine groups is 1. The van der Waals surface area contributed by atoms with Gasteiger partial charge >= 0.3 is 0 Å². The number of aliphatic imine (C=N–C) groups is 1. The molecule has 0 spiro atoms. The lowest BCUT2D eigenvalue weighted by molar-refractivity contribution is -0.0284. The highest BCUT2D eigenvalue weighted by atomic mass is 127.